The van der Waals surface area contributed by atoms with Gasteiger partial charge in [0, 0.05) is 64.4 Å². The van der Waals surface area contributed by atoms with Gasteiger partial charge in [-0.05, 0) is 37.7 Å². The topological polar surface area (TPSA) is 60.7 Å². The van der Waals surface area contributed by atoms with Gasteiger partial charge in [-0.2, -0.15) is 0 Å². The molecule has 0 aromatic carbocycles. The van der Waals surface area contributed by atoms with Crippen LogP contribution in [0, 0.1) is 0 Å². The number of pyridine rings is 1. The minimum atomic E-state index is 0. The number of aliphatic imine (C=N–C) groups is 1. The van der Waals surface area contributed by atoms with E-state index in [4.69, 9.17) is 0 Å². The smallest absolute Gasteiger partial charge is 0.191 e. The minimum absolute atomic E-state index is 0. The molecule has 2 N–H and O–H groups in total. The molecule has 1 aliphatic rings. The van der Waals surface area contributed by atoms with Crippen LogP contribution >= 0.6 is 24.0 Å². The Balaban J connectivity index is 0.00000280. The van der Waals surface area contributed by atoms with Gasteiger partial charge < -0.3 is 25.0 Å². The van der Waals surface area contributed by atoms with Gasteiger partial charge in [0.1, 0.15) is 5.82 Å². The van der Waals surface area contributed by atoms with Crippen LogP contribution in [-0.4, -0.2) is 66.7 Å². The average Bonchev–Trinajstić information content (AvgIpc) is 3.21. The van der Waals surface area contributed by atoms with Crippen LogP contribution in [0.5, 0.6) is 0 Å². The Labute approximate surface area is 185 Å². The fourth-order valence-corrected chi connectivity index (χ4v) is 3.07. The number of nitrogens with one attached hydrogen (secondary N) is 2. The second-order valence-corrected chi connectivity index (χ2v) is 6.86. The second-order valence-electron chi connectivity index (χ2n) is 6.86. The molecule has 1 saturated heterocycles. The van der Waals surface area contributed by atoms with Crippen LogP contribution in [0.4, 0.5) is 5.82 Å². The molecule has 1 fully saturated rings. The average molecular weight is 497 g/mol. The summed E-state index contributed by atoms with van der Waals surface area (Å²) >= 11 is 0. The molecule has 0 aliphatic carbocycles. The predicted octanol–water partition coefficient (Wildman–Crippen LogP) is 2.01. The summed E-state index contributed by atoms with van der Waals surface area (Å²) in [7, 11) is 2.17. The Morgan fingerprint density at radius 2 is 1.86 bits per heavy atom. The van der Waals surface area contributed by atoms with Gasteiger partial charge in [-0.1, -0.05) is 6.07 Å². The molecule has 1 aliphatic heterocycles. The molecule has 3 heterocycles. The van der Waals surface area contributed by atoms with E-state index in [1.807, 2.05) is 18.3 Å². The molecule has 28 heavy (non-hydrogen) atoms. The fourth-order valence-electron chi connectivity index (χ4n) is 3.07. The third-order valence-electron chi connectivity index (χ3n) is 4.73. The van der Waals surface area contributed by atoms with Gasteiger partial charge in [-0.25, -0.2) is 9.98 Å². The zero-order chi connectivity index (χ0) is 18.9. The predicted molar refractivity (Wildman–Crippen MR) is 127 cm³/mol. The summed E-state index contributed by atoms with van der Waals surface area (Å²) in [5.74, 6) is 1.90. The lowest BCUT2D eigenvalue weighted by Crippen LogP contribution is -2.44. The summed E-state index contributed by atoms with van der Waals surface area (Å²) in [5.41, 5.74) is 1.12. The number of aromatic nitrogens is 2. The number of guanidine groups is 1. The molecule has 7 nitrogen and oxygen atoms in total. The first-order chi connectivity index (χ1) is 13.2. The maximum absolute atomic E-state index is 4.68. The number of piperazine rings is 1. The molecule has 0 saturated carbocycles. The summed E-state index contributed by atoms with van der Waals surface area (Å²) in [4.78, 5) is 14.0. The molecule has 0 bridgehead atoms. The van der Waals surface area contributed by atoms with E-state index < -0.39 is 0 Å². The van der Waals surface area contributed by atoms with E-state index in [2.05, 4.69) is 73.5 Å². The van der Waals surface area contributed by atoms with Crippen molar-refractivity contribution in [2.75, 3.05) is 51.2 Å². The summed E-state index contributed by atoms with van der Waals surface area (Å²) in [6, 6.07) is 8.33. The number of rotatable bonds is 7. The Bertz CT molecular complexity index is 692. The van der Waals surface area contributed by atoms with Crippen LogP contribution < -0.4 is 15.5 Å². The van der Waals surface area contributed by atoms with Crippen molar-refractivity contribution in [2.45, 2.75) is 20.0 Å². The van der Waals surface area contributed by atoms with Gasteiger partial charge in [0.25, 0.3) is 0 Å². The molecule has 2 aromatic heterocycles. The number of hydrogen-bond donors (Lipinski definition) is 2. The first-order valence-corrected chi connectivity index (χ1v) is 9.76. The third kappa shape index (κ3) is 6.97. The second kappa shape index (κ2) is 11.9. The largest absolute Gasteiger partial charge is 0.357 e. The lowest BCUT2D eigenvalue weighted by molar-refractivity contribution is 0.312. The summed E-state index contributed by atoms with van der Waals surface area (Å²) < 4.78 is 2.15. The van der Waals surface area contributed by atoms with Gasteiger partial charge in [-0.3, -0.25) is 0 Å². The quantitative estimate of drug-likeness (QED) is 0.348. The number of hydrogen-bond acceptors (Lipinski definition) is 4. The zero-order valence-corrected chi connectivity index (χ0v) is 19.2. The Hall–Kier alpha value is -1.81. The molecule has 0 radical (unpaired) electrons. The highest BCUT2D eigenvalue weighted by atomic mass is 127. The highest BCUT2D eigenvalue weighted by Crippen LogP contribution is 2.14. The molecule has 3 rings (SSSR count). The van der Waals surface area contributed by atoms with Crippen molar-refractivity contribution in [2.24, 2.45) is 4.99 Å². The Morgan fingerprint density at radius 3 is 2.50 bits per heavy atom. The van der Waals surface area contributed by atoms with Gasteiger partial charge in [0.05, 0.1) is 6.54 Å². The van der Waals surface area contributed by atoms with Gasteiger partial charge in [-0.15, -0.1) is 24.0 Å². The summed E-state index contributed by atoms with van der Waals surface area (Å²) in [6.07, 6.45) is 6.08. The van der Waals surface area contributed by atoms with E-state index in [9.17, 15) is 0 Å². The molecule has 0 amide bonds. The first kappa shape index (κ1) is 22.5. The Kier molecular flexibility index (Phi) is 9.56. The molecule has 8 heteroatoms. The van der Waals surface area contributed by atoms with E-state index in [0.717, 1.165) is 63.2 Å². The number of nitrogens with zero attached hydrogens (tertiary/aromatic N) is 5. The molecule has 2 aromatic rings. The van der Waals surface area contributed by atoms with Gasteiger partial charge >= 0.3 is 0 Å². The molecular weight excluding hydrogens is 465 g/mol. The Morgan fingerprint density at radius 1 is 1.11 bits per heavy atom. The molecule has 0 unspecified atom stereocenters. The number of likely N-dealkylation sites (N-methyl/N-ethyl adjacent to an activating group) is 1. The fraction of sp³-hybridized carbons (Fsp3) is 0.500. The van der Waals surface area contributed by atoms with Crippen molar-refractivity contribution in [3.8, 4) is 0 Å². The SMILES string of the molecule is CCNC(=NCc1ccc(N2CCN(C)CC2)nc1)NCCn1cccc1.I. The van der Waals surface area contributed by atoms with Crippen LogP contribution in [0.25, 0.3) is 0 Å². The van der Waals surface area contributed by atoms with E-state index in [-0.39, 0.29) is 24.0 Å². The number of anilines is 1. The van der Waals surface area contributed by atoms with Gasteiger partial charge in [0.2, 0.25) is 0 Å². The van der Waals surface area contributed by atoms with E-state index >= 15 is 0 Å². The van der Waals surface area contributed by atoms with Gasteiger partial charge in [0.15, 0.2) is 5.96 Å². The van der Waals surface area contributed by atoms with Crippen LogP contribution in [0.1, 0.15) is 12.5 Å². The summed E-state index contributed by atoms with van der Waals surface area (Å²) in [5, 5.41) is 6.68. The first-order valence-electron chi connectivity index (χ1n) is 9.76. The van der Waals surface area contributed by atoms with Crippen LogP contribution in [0.15, 0.2) is 47.8 Å². The van der Waals surface area contributed by atoms with Crippen molar-refractivity contribution in [3.63, 3.8) is 0 Å². The monoisotopic (exact) mass is 497 g/mol. The van der Waals surface area contributed by atoms with Crippen molar-refractivity contribution < 1.29 is 0 Å². The summed E-state index contributed by atoms with van der Waals surface area (Å²) in [6.45, 7) is 9.55. The third-order valence-corrected chi connectivity index (χ3v) is 4.73. The maximum atomic E-state index is 4.68. The highest BCUT2D eigenvalue weighted by Gasteiger charge is 2.14. The zero-order valence-electron chi connectivity index (χ0n) is 16.8. The molecule has 154 valence electrons. The van der Waals surface area contributed by atoms with E-state index in [0.29, 0.717) is 6.54 Å². The van der Waals surface area contributed by atoms with Crippen molar-refractivity contribution in [1.29, 1.82) is 0 Å². The van der Waals surface area contributed by atoms with Crippen LogP contribution in [0.2, 0.25) is 0 Å². The molecule has 0 atom stereocenters. The lowest BCUT2D eigenvalue weighted by atomic mass is 10.2. The normalized spacial score (nSPS) is 15.2. The minimum Gasteiger partial charge on any atom is -0.357 e. The standard InChI is InChI=1S/C20H31N7.HI/c1-3-21-20(22-8-11-26-9-4-5-10-26)24-17-18-6-7-19(23-16-18)27-14-12-25(2)13-15-27;/h4-7,9-10,16H,3,8,11-15,17H2,1-2H3,(H2,21,22,24);1H. The van der Waals surface area contributed by atoms with E-state index in [1.54, 1.807) is 0 Å². The van der Waals surface area contributed by atoms with Crippen molar-refractivity contribution in [1.82, 2.24) is 25.1 Å². The number of halogens is 1. The molecule has 0 spiro atoms. The highest BCUT2D eigenvalue weighted by molar-refractivity contribution is 14.0. The lowest BCUT2D eigenvalue weighted by Gasteiger charge is -2.33. The van der Waals surface area contributed by atoms with Crippen LogP contribution in [-0.2, 0) is 13.1 Å². The van der Waals surface area contributed by atoms with Crippen molar-refractivity contribution in [3.05, 3.63) is 48.4 Å². The molecular formula is C20H32IN7. The van der Waals surface area contributed by atoms with E-state index in [1.165, 1.54) is 0 Å². The maximum Gasteiger partial charge on any atom is 0.191 e. The van der Waals surface area contributed by atoms with Crippen molar-refractivity contribution >= 4 is 35.8 Å². The van der Waals surface area contributed by atoms with Crippen LogP contribution in [0.3, 0.4) is 0 Å².